The molecule has 1 aromatic carbocycles. The molecule has 0 radical (unpaired) electrons. The maximum atomic E-state index is 10.6. The van der Waals surface area contributed by atoms with Crippen LogP contribution in [0.25, 0.3) is 0 Å². The molecule has 0 aliphatic heterocycles. The van der Waals surface area contributed by atoms with Gasteiger partial charge in [0.05, 0.1) is 6.04 Å². The molecule has 1 unspecified atom stereocenters. The van der Waals surface area contributed by atoms with Crippen molar-refractivity contribution in [2.45, 2.75) is 6.04 Å². The molecule has 0 saturated heterocycles. The first-order chi connectivity index (χ1) is 6.24. The second kappa shape index (κ2) is 4.30. The van der Waals surface area contributed by atoms with E-state index in [1.807, 2.05) is 30.3 Å². The van der Waals surface area contributed by atoms with E-state index >= 15 is 0 Å². The fourth-order valence-electron chi connectivity index (χ4n) is 1.09. The lowest BCUT2D eigenvalue weighted by atomic mass is 10.1. The van der Waals surface area contributed by atoms with Crippen molar-refractivity contribution in [1.29, 1.82) is 0 Å². The molecule has 3 N–H and O–H groups in total. The van der Waals surface area contributed by atoms with Crippen molar-refractivity contribution in [3.05, 3.63) is 48.6 Å². The van der Waals surface area contributed by atoms with Crippen molar-refractivity contribution in [3.8, 4) is 0 Å². The number of urea groups is 1. The van der Waals surface area contributed by atoms with E-state index in [1.165, 1.54) is 0 Å². The Morgan fingerprint density at radius 2 is 2.08 bits per heavy atom. The molecule has 0 bridgehead atoms. The van der Waals surface area contributed by atoms with Crippen molar-refractivity contribution in [3.63, 3.8) is 0 Å². The minimum absolute atomic E-state index is 0.210. The zero-order chi connectivity index (χ0) is 9.68. The van der Waals surface area contributed by atoms with Crippen LogP contribution in [-0.2, 0) is 0 Å². The highest BCUT2D eigenvalue weighted by atomic mass is 16.2. The number of nitrogens with one attached hydrogen (secondary N) is 1. The number of amides is 2. The summed E-state index contributed by atoms with van der Waals surface area (Å²) in [4.78, 5) is 10.6. The highest BCUT2D eigenvalue weighted by Crippen LogP contribution is 2.12. The Morgan fingerprint density at radius 1 is 1.46 bits per heavy atom. The van der Waals surface area contributed by atoms with Gasteiger partial charge in [-0.3, -0.25) is 0 Å². The molecule has 0 aliphatic carbocycles. The van der Waals surface area contributed by atoms with Gasteiger partial charge in [-0.15, -0.1) is 6.58 Å². The Hall–Kier alpha value is -1.77. The van der Waals surface area contributed by atoms with E-state index in [-0.39, 0.29) is 6.04 Å². The third-order valence-electron chi connectivity index (χ3n) is 1.69. The van der Waals surface area contributed by atoms with Gasteiger partial charge in [-0.05, 0) is 5.56 Å². The lowest BCUT2D eigenvalue weighted by molar-refractivity contribution is 0.247. The molecule has 1 aromatic rings. The van der Waals surface area contributed by atoms with Gasteiger partial charge < -0.3 is 11.1 Å². The summed E-state index contributed by atoms with van der Waals surface area (Å²) in [5.41, 5.74) is 5.98. The van der Waals surface area contributed by atoms with E-state index in [1.54, 1.807) is 6.08 Å². The van der Waals surface area contributed by atoms with Crippen LogP contribution >= 0.6 is 0 Å². The minimum atomic E-state index is -0.547. The molecule has 2 amide bonds. The van der Waals surface area contributed by atoms with Crippen molar-refractivity contribution in [1.82, 2.24) is 5.32 Å². The van der Waals surface area contributed by atoms with Crippen molar-refractivity contribution in [2.24, 2.45) is 5.73 Å². The molecule has 0 heterocycles. The predicted octanol–water partition coefficient (Wildman–Crippen LogP) is 1.58. The third kappa shape index (κ3) is 2.63. The van der Waals surface area contributed by atoms with Gasteiger partial charge in [0.1, 0.15) is 0 Å². The second-order valence-electron chi connectivity index (χ2n) is 2.63. The number of hydrogen-bond donors (Lipinski definition) is 2. The Kier molecular flexibility index (Phi) is 3.09. The first-order valence-corrected chi connectivity index (χ1v) is 3.97. The maximum absolute atomic E-state index is 10.6. The van der Waals surface area contributed by atoms with E-state index in [0.29, 0.717) is 0 Å². The smallest absolute Gasteiger partial charge is 0.312 e. The predicted molar refractivity (Wildman–Crippen MR) is 52.1 cm³/mol. The lowest BCUT2D eigenvalue weighted by Gasteiger charge is -2.12. The maximum Gasteiger partial charge on any atom is 0.312 e. The molecule has 3 nitrogen and oxygen atoms in total. The Morgan fingerprint density at radius 3 is 2.54 bits per heavy atom. The van der Waals surface area contributed by atoms with E-state index in [2.05, 4.69) is 11.9 Å². The van der Waals surface area contributed by atoms with Gasteiger partial charge in [-0.1, -0.05) is 36.4 Å². The largest absolute Gasteiger partial charge is 0.352 e. The standard InChI is InChI=1S/C10H12N2O/c1-2-9(12-10(11)13)8-6-4-3-5-7-8/h2-7,9H,1H2,(H3,11,12,13). The van der Waals surface area contributed by atoms with Crippen molar-refractivity contribution < 1.29 is 4.79 Å². The molecule has 0 spiro atoms. The Bertz CT molecular complexity index is 295. The topological polar surface area (TPSA) is 55.1 Å². The molecule has 0 fully saturated rings. The first kappa shape index (κ1) is 9.32. The monoisotopic (exact) mass is 176 g/mol. The average Bonchev–Trinajstić information content (AvgIpc) is 2.15. The van der Waals surface area contributed by atoms with Gasteiger partial charge in [-0.25, -0.2) is 4.79 Å². The number of carbonyl (C=O) groups is 1. The van der Waals surface area contributed by atoms with Crippen LogP contribution in [0.4, 0.5) is 4.79 Å². The molecular weight excluding hydrogens is 164 g/mol. The van der Waals surface area contributed by atoms with Crippen LogP contribution in [0.2, 0.25) is 0 Å². The van der Waals surface area contributed by atoms with E-state index < -0.39 is 6.03 Å². The SMILES string of the molecule is C=CC(NC(N)=O)c1ccccc1. The summed E-state index contributed by atoms with van der Waals surface area (Å²) >= 11 is 0. The van der Waals surface area contributed by atoms with Gasteiger partial charge in [0.25, 0.3) is 0 Å². The molecule has 13 heavy (non-hydrogen) atoms. The van der Waals surface area contributed by atoms with Gasteiger partial charge >= 0.3 is 6.03 Å². The molecule has 0 saturated carbocycles. The molecule has 1 atom stereocenters. The van der Waals surface area contributed by atoms with E-state index in [9.17, 15) is 4.79 Å². The van der Waals surface area contributed by atoms with E-state index in [4.69, 9.17) is 5.73 Å². The quantitative estimate of drug-likeness (QED) is 0.675. The number of carbonyl (C=O) groups excluding carboxylic acids is 1. The van der Waals surface area contributed by atoms with Gasteiger partial charge in [0.2, 0.25) is 0 Å². The van der Waals surface area contributed by atoms with Crippen LogP contribution in [-0.4, -0.2) is 6.03 Å². The average molecular weight is 176 g/mol. The van der Waals surface area contributed by atoms with Crippen molar-refractivity contribution in [2.75, 3.05) is 0 Å². The van der Waals surface area contributed by atoms with Gasteiger partial charge in [0, 0.05) is 0 Å². The molecule has 0 aliphatic rings. The molecule has 3 heteroatoms. The van der Waals surface area contributed by atoms with E-state index in [0.717, 1.165) is 5.56 Å². The summed E-state index contributed by atoms with van der Waals surface area (Å²) in [6.45, 7) is 3.62. The third-order valence-corrected chi connectivity index (χ3v) is 1.69. The Labute approximate surface area is 77.3 Å². The molecule has 1 rings (SSSR count). The van der Waals surface area contributed by atoms with Gasteiger partial charge in [-0.2, -0.15) is 0 Å². The highest BCUT2D eigenvalue weighted by Gasteiger charge is 2.06. The number of hydrogen-bond acceptors (Lipinski definition) is 1. The molecular formula is C10H12N2O. The van der Waals surface area contributed by atoms with Crippen LogP contribution in [0.15, 0.2) is 43.0 Å². The summed E-state index contributed by atoms with van der Waals surface area (Å²) < 4.78 is 0. The first-order valence-electron chi connectivity index (χ1n) is 3.97. The second-order valence-corrected chi connectivity index (χ2v) is 2.63. The summed E-state index contributed by atoms with van der Waals surface area (Å²) in [5, 5.41) is 2.57. The van der Waals surface area contributed by atoms with Crippen LogP contribution in [0.1, 0.15) is 11.6 Å². The Balaban J connectivity index is 2.78. The zero-order valence-corrected chi connectivity index (χ0v) is 7.23. The minimum Gasteiger partial charge on any atom is -0.352 e. The molecule has 0 aromatic heterocycles. The van der Waals surface area contributed by atoms with Crippen LogP contribution in [0.5, 0.6) is 0 Å². The normalized spacial score (nSPS) is 11.7. The lowest BCUT2D eigenvalue weighted by Crippen LogP contribution is -2.32. The van der Waals surface area contributed by atoms with Crippen LogP contribution in [0, 0.1) is 0 Å². The fourth-order valence-corrected chi connectivity index (χ4v) is 1.09. The summed E-state index contributed by atoms with van der Waals surface area (Å²) in [6.07, 6.45) is 1.64. The number of rotatable bonds is 3. The van der Waals surface area contributed by atoms with Crippen LogP contribution in [0.3, 0.4) is 0 Å². The van der Waals surface area contributed by atoms with Gasteiger partial charge in [0.15, 0.2) is 0 Å². The number of primary amides is 1. The van der Waals surface area contributed by atoms with Crippen molar-refractivity contribution >= 4 is 6.03 Å². The molecule has 68 valence electrons. The zero-order valence-electron chi connectivity index (χ0n) is 7.23. The summed E-state index contributed by atoms with van der Waals surface area (Å²) in [5.74, 6) is 0. The number of nitrogens with two attached hydrogens (primary N) is 1. The highest BCUT2D eigenvalue weighted by molar-refractivity contribution is 5.72. The fraction of sp³-hybridized carbons (Fsp3) is 0.100. The summed E-state index contributed by atoms with van der Waals surface area (Å²) in [7, 11) is 0. The van der Waals surface area contributed by atoms with Crippen LogP contribution < -0.4 is 11.1 Å². The number of benzene rings is 1. The summed E-state index contributed by atoms with van der Waals surface area (Å²) in [6, 6.07) is 8.76.